The van der Waals surface area contributed by atoms with Gasteiger partial charge in [-0.3, -0.25) is 0 Å². The normalized spacial score (nSPS) is 11.0. The molecule has 0 spiro atoms. The van der Waals surface area contributed by atoms with E-state index in [1.807, 2.05) is 30.6 Å². The molecule has 1 aromatic carbocycles. The quantitative estimate of drug-likeness (QED) is 0.718. The summed E-state index contributed by atoms with van der Waals surface area (Å²) in [4.78, 5) is 4.56. The molecule has 108 valence electrons. The Hall–Kier alpha value is -2.00. The smallest absolute Gasteiger partial charge is 0.141 e. The van der Waals surface area contributed by atoms with Gasteiger partial charge in [-0.2, -0.15) is 0 Å². The third-order valence-electron chi connectivity index (χ3n) is 3.69. The van der Waals surface area contributed by atoms with Gasteiger partial charge in [0.25, 0.3) is 0 Å². The van der Waals surface area contributed by atoms with Gasteiger partial charge in [0.2, 0.25) is 0 Å². The van der Waals surface area contributed by atoms with E-state index in [0.29, 0.717) is 0 Å². The zero-order valence-electron chi connectivity index (χ0n) is 12.1. The topological polar surface area (TPSA) is 27.1 Å². The monoisotopic (exact) mass is 300 g/mol. The summed E-state index contributed by atoms with van der Waals surface area (Å²) < 4.78 is 7.29. The molecule has 0 aliphatic heterocycles. The molecule has 0 aliphatic carbocycles. The number of rotatable bonds is 4. The van der Waals surface area contributed by atoms with Crippen LogP contribution < -0.4 is 4.74 Å². The zero-order chi connectivity index (χ0) is 14.8. The lowest BCUT2D eigenvalue weighted by molar-refractivity contribution is 0.414. The van der Waals surface area contributed by atoms with Crippen LogP contribution in [0.15, 0.2) is 42.7 Å². The van der Waals surface area contributed by atoms with E-state index in [-0.39, 0.29) is 0 Å². The van der Waals surface area contributed by atoms with Gasteiger partial charge in [0, 0.05) is 24.3 Å². The van der Waals surface area contributed by atoms with Crippen LogP contribution in [0.1, 0.15) is 18.1 Å². The van der Waals surface area contributed by atoms with Crippen LogP contribution in [0.25, 0.3) is 11.0 Å². The molecule has 3 rings (SSSR count). The van der Waals surface area contributed by atoms with E-state index < -0.39 is 0 Å². The molecular formula is C17H17ClN2O. The number of hydrogen-bond donors (Lipinski definition) is 0. The molecule has 0 unspecified atom stereocenters. The molecule has 0 atom stereocenters. The Labute approximate surface area is 129 Å². The lowest BCUT2D eigenvalue weighted by Crippen LogP contribution is -1.99. The summed E-state index contributed by atoms with van der Waals surface area (Å²) in [7, 11) is 1.67. The molecule has 2 heterocycles. The van der Waals surface area contributed by atoms with Crippen LogP contribution in [0, 0.1) is 0 Å². The summed E-state index contributed by atoms with van der Waals surface area (Å²) in [5, 5.41) is 1.83. The van der Waals surface area contributed by atoms with Gasteiger partial charge >= 0.3 is 0 Å². The summed E-state index contributed by atoms with van der Waals surface area (Å²) in [5.41, 5.74) is 3.21. The van der Waals surface area contributed by atoms with Crippen LogP contribution in [-0.2, 0) is 13.0 Å². The van der Waals surface area contributed by atoms with Crippen molar-refractivity contribution >= 4 is 22.6 Å². The van der Waals surface area contributed by atoms with E-state index in [1.165, 1.54) is 5.56 Å². The maximum atomic E-state index is 6.43. The van der Waals surface area contributed by atoms with Crippen LogP contribution in [0.4, 0.5) is 0 Å². The molecule has 0 fully saturated rings. The predicted molar refractivity (Wildman–Crippen MR) is 86.2 cm³/mol. The minimum absolute atomic E-state index is 0.766. The molecule has 4 heteroatoms. The van der Waals surface area contributed by atoms with Gasteiger partial charge in [0.05, 0.1) is 12.1 Å². The second kappa shape index (κ2) is 5.78. The van der Waals surface area contributed by atoms with Crippen LogP contribution in [0.3, 0.4) is 0 Å². The van der Waals surface area contributed by atoms with Crippen LogP contribution in [-0.4, -0.2) is 16.7 Å². The first-order valence-corrected chi connectivity index (χ1v) is 7.36. The Bertz CT molecular complexity index is 762. The fraction of sp³-hybridized carbons (Fsp3) is 0.235. The number of hydrogen-bond acceptors (Lipinski definition) is 2. The second-order valence-corrected chi connectivity index (χ2v) is 5.36. The minimum Gasteiger partial charge on any atom is -0.497 e. The highest BCUT2D eigenvalue weighted by Gasteiger charge is 2.09. The van der Waals surface area contributed by atoms with E-state index in [1.54, 1.807) is 7.11 Å². The van der Waals surface area contributed by atoms with Gasteiger partial charge in [-0.25, -0.2) is 4.98 Å². The maximum Gasteiger partial charge on any atom is 0.141 e. The van der Waals surface area contributed by atoms with Gasteiger partial charge in [-0.05, 0) is 35.7 Å². The molecule has 0 saturated carbocycles. The summed E-state index contributed by atoms with van der Waals surface area (Å²) >= 11 is 6.43. The van der Waals surface area contributed by atoms with Gasteiger partial charge < -0.3 is 9.30 Å². The summed E-state index contributed by atoms with van der Waals surface area (Å²) in [6, 6.07) is 10.1. The molecule has 0 saturated heterocycles. The zero-order valence-corrected chi connectivity index (χ0v) is 12.9. The van der Waals surface area contributed by atoms with E-state index >= 15 is 0 Å². The van der Waals surface area contributed by atoms with E-state index in [0.717, 1.165) is 40.3 Å². The van der Waals surface area contributed by atoms with Crippen molar-refractivity contribution in [2.24, 2.45) is 0 Å². The summed E-state index contributed by atoms with van der Waals surface area (Å²) in [6.07, 6.45) is 4.80. The van der Waals surface area contributed by atoms with E-state index in [9.17, 15) is 0 Å². The number of nitrogens with zero attached hydrogens (tertiary/aromatic N) is 2. The van der Waals surface area contributed by atoms with Crippen molar-refractivity contribution < 1.29 is 4.74 Å². The highest BCUT2D eigenvalue weighted by atomic mass is 35.5. The van der Waals surface area contributed by atoms with Crippen molar-refractivity contribution in [3.63, 3.8) is 0 Å². The molecule has 3 aromatic rings. The molecular weight excluding hydrogens is 284 g/mol. The van der Waals surface area contributed by atoms with Crippen LogP contribution >= 0.6 is 11.6 Å². The summed E-state index contributed by atoms with van der Waals surface area (Å²) in [6.45, 7) is 2.85. The van der Waals surface area contributed by atoms with Crippen molar-refractivity contribution in [2.75, 3.05) is 7.11 Å². The Morgan fingerprint density at radius 1 is 1.19 bits per heavy atom. The number of methoxy groups -OCH3 is 1. The van der Waals surface area contributed by atoms with E-state index in [4.69, 9.17) is 16.3 Å². The van der Waals surface area contributed by atoms with Crippen molar-refractivity contribution in [3.05, 3.63) is 58.9 Å². The van der Waals surface area contributed by atoms with Crippen molar-refractivity contribution in [2.45, 2.75) is 19.9 Å². The van der Waals surface area contributed by atoms with Gasteiger partial charge in [0.1, 0.15) is 11.4 Å². The fourth-order valence-corrected chi connectivity index (χ4v) is 2.78. The Balaban J connectivity index is 1.95. The average molecular weight is 301 g/mol. The Morgan fingerprint density at radius 2 is 1.95 bits per heavy atom. The standard InChI is InChI=1S/C17H17ClN2O/c1-3-13-10-19-17-15(16(13)18)8-9-20(17)11-12-4-6-14(21-2)7-5-12/h4-10H,3,11H2,1-2H3. The van der Waals surface area contributed by atoms with Crippen molar-refractivity contribution in [3.8, 4) is 5.75 Å². The lowest BCUT2D eigenvalue weighted by Gasteiger charge is -2.07. The number of halogens is 1. The number of ether oxygens (including phenoxy) is 1. The largest absolute Gasteiger partial charge is 0.497 e. The average Bonchev–Trinajstić information content (AvgIpc) is 2.92. The molecule has 0 amide bonds. The first-order valence-electron chi connectivity index (χ1n) is 6.98. The third kappa shape index (κ3) is 2.61. The van der Waals surface area contributed by atoms with Crippen LogP contribution in [0.2, 0.25) is 5.02 Å². The molecule has 0 aliphatic rings. The molecule has 2 aromatic heterocycles. The maximum absolute atomic E-state index is 6.43. The molecule has 0 bridgehead atoms. The van der Waals surface area contributed by atoms with Crippen LogP contribution in [0.5, 0.6) is 5.75 Å². The first kappa shape index (κ1) is 14.0. The molecule has 3 nitrogen and oxygen atoms in total. The molecule has 21 heavy (non-hydrogen) atoms. The second-order valence-electron chi connectivity index (χ2n) is 4.98. The highest BCUT2D eigenvalue weighted by Crippen LogP contribution is 2.27. The number of pyridine rings is 1. The number of benzene rings is 1. The molecule has 0 radical (unpaired) electrons. The van der Waals surface area contributed by atoms with E-state index in [2.05, 4.69) is 28.6 Å². The third-order valence-corrected chi connectivity index (χ3v) is 4.13. The minimum atomic E-state index is 0.766. The fourth-order valence-electron chi connectivity index (χ4n) is 2.45. The highest BCUT2D eigenvalue weighted by molar-refractivity contribution is 6.36. The van der Waals surface area contributed by atoms with Crippen molar-refractivity contribution in [1.82, 2.24) is 9.55 Å². The van der Waals surface area contributed by atoms with Crippen molar-refractivity contribution in [1.29, 1.82) is 0 Å². The Kier molecular flexibility index (Phi) is 3.84. The van der Waals surface area contributed by atoms with Gasteiger partial charge in [0.15, 0.2) is 0 Å². The predicted octanol–water partition coefficient (Wildman–Crippen LogP) is 4.31. The first-order chi connectivity index (χ1) is 10.2. The SMILES string of the molecule is CCc1cnc2c(ccn2Cc2ccc(OC)cc2)c1Cl. The summed E-state index contributed by atoms with van der Waals surface area (Å²) in [5.74, 6) is 0.866. The lowest BCUT2D eigenvalue weighted by atomic mass is 10.2. The molecule has 0 N–H and O–H groups in total. The van der Waals surface area contributed by atoms with Gasteiger partial charge in [-0.15, -0.1) is 0 Å². The number of fused-ring (bicyclic) bond motifs is 1. The number of aromatic nitrogens is 2. The Morgan fingerprint density at radius 3 is 2.62 bits per heavy atom. The number of aryl methyl sites for hydroxylation is 1. The van der Waals surface area contributed by atoms with Gasteiger partial charge in [-0.1, -0.05) is 30.7 Å².